The number of halogens is 3. The van der Waals surface area contributed by atoms with Gasteiger partial charge in [0.05, 0.1) is 34.3 Å². The van der Waals surface area contributed by atoms with Gasteiger partial charge in [0.15, 0.2) is 5.82 Å². The zero-order valence-electron chi connectivity index (χ0n) is 17.8. The maximum Gasteiger partial charge on any atom is 0.254 e. The van der Waals surface area contributed by atoms with Crippen LogP contribution in [0.1, 0.15) is 47.4 Å². The first-order chi connectivity index (χ1) is 15.2. The third kappa shape index (κ3) is 5.19. The van der Waals surface area contributed by atoms with Crippen LogP contribution in [0, 0.1) is 5.82 Å². The van der Waals surface area contributed by atoms with Crippen molar-refractivity contribution in [1.82, 2.24) is 20.4 Å². The predicted molar refractivity (Wildman–Crippen MR) is 125 cm³/mol. The van der Waals surface area contributed by atoms with Crippen LogP contribution in [0.25, 0.3) is 0 Å². The van der Waals surface area contributed by atoms with Crippen molar-refractivity contribution < 1.29 is 14.0 Å². The summed E-state index contributed by atoms with van der Waals surface area (Å²) in [5.41, 5.74) is 1.35. The molecule has 3 atom stereocenters. The van der Waals surface area contributed by atoms with Crippen LogP contribution in [-0.2, 0) is 11.8 Å². The molecular weight excluding hydrogens is 499 g/mol. The van der Waals surface area contributed by atoms with Crippen LogP contribution in [0.3, 0.4) is 0 Å². The van der Waals surface area contributed by atoms with E-state index in [9.17, 15) is 14.0 Å². The molecule has 1 heterocycles. The third-order valence-electron chi connectivity index (χ3n) is 5.29. The van der Waals surface area contributed by atoms with E-state index in [4.69, 9.17) is 11.6 Å². The number of nitrogens with one attached hydrogen (secondary N) is 2. The number of carbonyl (C=O) groups is 2. The molecule has 0 saturated heterocycles. The Morgan fingerprint density at radius 3 is 2.41 bits per heavy atom. The predicted octanol–water partition coefficient (Wildman–Crippen LogP) is 4.75. The van der Waals surface area contributed by atoms with Gasteiger partial charge in [-0.05, 0) is 53.5 Å². The molecule has 1 aromatic heterocycles. The molecule has 32 heavy (non-hydrogen) atoms. The van der Waals surface area contributed by atoms with E-state index in [0.717, 1.165) is 11.3 Å². The van der Waals surface area contributed by atoms with E-state index in [1.807, 2.05) is 30.3 Å². The van der Waals surface area contributed by atoms with Gasteiger partial charge in [-0.3, -0.25) is 14.3 Å². The first kappa shape index (κ1) is 23.9. The molecule has 2 amide bonds. The van der Waals surface area contributed by atoms with Crippen LogP contribution in [0.4, 0.5) is 4.39 Å². The lowest BCUT2D eigenvalue weighted by Crippen LogP contribution is -2.46. The Bertz CT molecular complexity index is 1120. The number of hydrogen-bond acceptors (Lipinski definition) is 3. The Balaban J connectivity index is 1.83. The summed E-state index contributed by atoms with van der Waals surface area (Å²) in [6.07, 6.45) is 1.63. The average Bonchev–Trinajstić information content (AvgIpc) is 3.21. The van der Waals surface area contributed by atoms with Gasteiger partial charge >= 0.3 is 0 Å². The van der Waals surface area contributed by atoms with Gasteiger partial charge in [-0.25, -0.2) is 4.39 Å². The van der Waals surface area contributed by atoms with Crippen molar-refractivity contribution >= 4 is 39.3 Å². The first-order valence-corrected chi connectivity index (χ1v) is 11.1. The summed E-state index contributed by atoms with van der Waals surface area (Å²) >= 11 is 9.09. The fourth-order valence-electron chi connectivity index (χ4n) is 3.45. The summed E-state index contributed by atoms with van der Waals surface area (Å²) in [7, 11) is 1.77. The maximum atomic E-state index is 14.6. The maximum absolute atomic E-state index is 14.6. The molecule has 2 N–H and O–H groups in total. The van der Waals surface area contributed by atoms with Crippen molar-refractivity contribution in [3.8, 4) is 0 Å². The molecule has 168 valence electrons. The number of rotatable bonds is 7. The van der Waals surface area contributed by atoms with Gasteiger partial charge in [0.2, 0.25) is 5.91 Å². The van der Waals surface area contributed by atoms with E-state index in [1.165, 1.54) is 12.1 Å². The van der Waals surface area contributed by atoms with E-state index in [0.29, 0.717) is 4.47 Å². The number of carbonyl (C=O) groups excluding carboxylic acids is 2. The minimum atomic E-state index is -0.813. The van der Waals surface area contributed by atoms with Gasteiger partial charge < -0.3 is 10.6 Å². The lowest BCUT2D eigenvalue weighted by Gasteiger charge is -2.28. The molecular formula is C23H23BrClFN4O2. The molecule has 0 radical (unpaired) electrons. The monoisotopic (exact) mass is 520 g/mol. The zero-order chi connectivity index (χ0) is 23.4. The highest BCUT2D eigenvalue weighted by Crippen LogP contribution is 2.28. The molecule has 0 aliphatic heterocycles. The molecule has 3 rings (SSSR count). The second-order valence-corrected chi connectivity index (χ2v) is 8.72. The van der Waals surface area contributed by atoms with Crippen molar-refractivity contribution in [2.75, 3.05) is 0 Å². The largest absolute Gasteiger partial charge is 0.351 e. The summed E-state index contributed by atoms with van der Waals surface area (Å²) < 4.78 is 16.6. The van der Waals surface area contributed by atoms with E-state index >= 15 is 0 Å². The minimum absolute atomic E-state index is 0.166. The number of hydrogen-bond donors (Lipinski definition) is 2. The summed E-state index contributed by atoms with van der Waals surface area (Å²) in [6, 6.07) is 12.7. The average molecular weight is 522 g/mol. The molecule has 0 aliphatic rings. The van der Waals surface area contributed by atoms with Crippen LogP contribution in [0.5, 0.6) is 0 Å². The molecule has 3 aromatic rings. The molecule has 0 fully saturated rings. The van der Waals surface area contributed by atoms with Crippen molar-refractivity contribution in [2.24, 2.45) is 7.05 Å². The molecule has 0 spiro atoms. The number of nitrogens with zero attached hydrogens (tertiary/aromatic N) is 2. The molecule has 3 unspecified atom stereocenters. The summed E-state index contributed by atoms with van der Waals surface area (Å²) in [6.45, 7) is 3.57. The van der Waals surface area contributed by atoms with Crippen LogP contribution in [0.2, 0.25) is 5.02 Å². The molecule has 0 saturated carbocycles. The Morgan fingerprint density at radius 1 is 1.09 bits per heavy atom. The van der Waals surface area contributed by atoms with Crippen molar-refractivity contribution in [2.45, 2.75) is 31.8 Å². The van der Waals surface area contributed by atoms with E-state index in [-0.39, 0.29) is 16.5 Å². The fourth-order valence-corrected chi connectivity index (χ4v) is 3.92. The zero-order valence-corrected chi connectivity index (χ0v) is 20.1. The normalized spacial score (nSPS) is 13.8. The van der Waals surface area contributed by atoms with Crippen LogP contribution < -0.4 is 10.6 Å². The summed E-state index contributed by atoms with van der Waals surface area (Å²) in [5.74, 6) is -2.10. The van der Waals surface area contributed by atoms with Gasteiger partial charge in [-0.15, -0.1) is 0 Å². The van der Waals surface area contributed by atoms with Gasteiger partial charge in [0.1, 0.15) is 0 Å². The van der Waals surface area contributed by atoms with Crippen molar-refractivity contribution in [3.05, 3.63) is 86.9 Å². The van der Waals surface area contributed by atoms with E-state index < -0.39 is 29.7 Å². The highest BCUT2D eigenvalue weighted by Gasteiger charge is 2.27. The molecule has 0 bridgehead atoms. The van der Waals surface area contributed by atoms with Crippen LogP contribution >= 0.6 is 27.5 Å². The third-order valence-corrected chi connectivity index (χ3v) is 6.55. The topological polar surface area (TPSA) is 76.0 Å². The van der Waals surface area contributed by atoms with Crippen LogP contribution in [-0.4, -0.2) is 27.6 Å². The smallest absolute Gasteiger partial charge is 0.254 e. The molecule has 0 aliphatic carbocycles. The lowest BCUT2D eigenvalue weighted by molar-refractivity contribution is -0.123. The number of amides is 2. The fraction of sp³-hybridized carbons (Fsp3) is 0.261. The number of benzene rings is 2. The van der Waals surface area contributed by atoms with Crippen molar-refractivity contribution in [3.63, 3.8) is 0 Å². The van der Waals surface area contributed by atoms with Gasteiger partial charge in [-0.1, -0.05) is 41.9 Å². The Kier molecular flexibility index (Phi) is 7.69. The van der Waals surface area contributed by atoms with Crippen LogP contribution in [0.15, 0.2) is 59.2 Å². The quantitative estimate of drug-likeness (QED) is 0.441. The molecule has 9 heteroatoms. The highest BCUT2D eigenvalue weighted by molar-refractivity contribution is 9.10. The molecule has 2 aromatic carbocycles. The van der Waals surface area contributed by atoms with Gasteiger partial charge in [0.25, 0.3) is 5.91 Å². The Hall–Kier alpha value is -2.71. The second-order valence-electron chi connectivity index (χ2n) is 7.48. The lowest BCUT2D eigenvalue weighted by atomic mass is 9.98. The second kappa shape index (κ2) is 10.3. The Labute approximate surface area is 199 Å². The first-order valence-electron chi connectivity index (χ1n) is 9.98. The van der Waals surface area contributed by atoms with Gasteiger partial charge in [-0.2, -0.15) is 5.10 Å². The van der Waals surface area contributed by atoms with Crippen molar-refractivity contribution in [1.29, 1.82) is 0 Å². The summed E-state index contributed by atoms with van der Waals surface area (Å²) in [4.78, 5) is 25.8. The standard InChI is InChI=1S/C23H23BrClFN4O2/c1-13(18-11-12-27-30(18)3)22(31)28-14(2)21(15-7-5-4-6-8-15)29-23(32)16-9-10-17(24)19(25)20(16)26/h4-14,21H,1-3H3,(H,28,31)(H,29,32). The van der Waals surface area contributed by atoms with Gasteiger partial charge in [0, 0.05) is 17.7 Å². The summed E-state index contributed by atoms with van der Waals surface area (Å²) in [5, 5.41) is 9.75. The number of aromatic nitrogens is 2. The highest BCUT2D eigenvalue weighted by atomic mass is 79.9. The Morgan fingerprint density at radius 2 is 1.78 bits per heavy atom. The SMILES string of the molecule is CC(C(=O)NC(C)C(NC(=O)c1ccc(Br)c(Cl)c1F)c1ccccc1)c1ccnn1C. The van der Waals surface area contributed by atoms with E-state index in [2.05, 4.69) is 31.7 Å². The minimum Gasteiger partial charge on any atom is -0.351 e. The molecule has 6 nitrogen and oxygen atoms in total. The van der Waals surface area contributed by atoms with E-state index in [1.54, 1.807) is 37.8 Å². The number of aryl methyl sites for hydroxylation is 1.